The van der Waals surface area contributed by atoms with Crippen molar-refractivity contribution in [2.45, 2.75) is 44.2 Å². The van der Waals surface area contributed by atoms with Crippen molar-refractivity contribution in [2.24, 2.45) is 0 Å². The first-order valence-corrected chi connectivity index (χ1v) is 9.82. The fraction of sp³-hybridized carbons (Fsp3) is 0.474. The Bertz CT molecular complexity index is 806. The van der Waals surface area contributed by atoms with E-state index in [2.05, 4.69) is 15.6 Å². The topological polar surface area (TPSA) is 63.2 Å². The molecule has 1 saturated heterocycles. The number of aromatic nitrogens is 1. The number of nitrogens with one attached hydrogen (secondary N) is 2. The number of halogens is 1. The van der Waals surface area contributed by atoms with Crippen LogP contribution >= 0.6 is 11.3 Å². The number of nitrogens with zero attached hydrogens (tertiary/aromatic N) is 1. The summed E-state index contributed by atoms with van der Waals surface area (Å²) in [7, 11) is 0. The summed E-state index contributed by atoms with van der Waals surface area (Å²) in [6.45, 7) is 3.16. The lowest BCUT2D eigenvalue weighted by atomic mass is 10.1. The zero-order chi connectivity index (χ0) is 18.1. The maximum atomic E-state index is 14.0. The second kappa shape index (κ2) is 7.42. The van der Waals surface area contributed by atoms with Crippen LogP contribution in [0.5, 0.6) is 0 Å². The molecule has 2 fully saturated rings. The standard InChI is InChI=1S/C19H22FN3O2S/c1-11-16(21-8-9-25-11)18(24)23-19-22-17(12-6-7-12)15(26-19)10-13-4-2-3-5-14(13)20/h2-5,11-12,16,21H,6-10H2,1H3,(H,22,23,24)/t11-,16+/m1/s1. The Kier molecular flexibility index (Phi) is 5.02. The summed E-state index contributed by atoms with van der Waals surface area (Å²) in [5.41, 5.74) is 1.67. The van der Waals surface area contributed by atoms with Gasteiger partial charge in [0.1, 0.15) is 11.9 Å². The van der Waals surface area contributed by atoms with Gasteiger partial charge in [0.15, 0.2) is 5.13 Å². The van der Waals surface area contributed by atoms with E-state index in [9.17, 15) is 9.18 Å². The number of morpholine rings is 1. The Hall–Kier alpha value is -1.83. The molecule has 26 heavy (non-hydrogen) atoms. The lowest BCUT2D eigenvalue weighted by Gasteiger charge is -2.28. The fourth-order valence-corrected chi connectivity index (χ4v) is 4.32. The second-order valence-corrected chi connectivity index (χ2v) is 7.95. The summed E-state index contributed by atoms with van der Waals surface area (Å²) in [4.78, 5) is 18.2. The zero-order valence-electron chi connectivity index (χ0n) is 14.6. The van der Waals surface area contributed by atoms with Crippen molar-refractivity contribution in [1.82, 2.24) is 10.3 Å². The number of ether oxygens (including phenoxy) is 1. The van der Waals surface area contributed by atoms with Crippen molar-refractivity contribution in [3.63, 3.8) is 0 Å². The normalized spacial score (nSPS) is 23.0. The molecule has 4 rings (SSSR count). The smallest absolute Gasteiger partial charge is 0.245 e. The summed E-state index contributed by atoms with van der Waals surface area (Å²) >= 11 is 1.45. The van der Waals surface area contributed by atoms with Crippen LogP contribution in [-0.4, -0.2) is 36.2 Å². The van der Waals surface area contributed by atoms with Crippen molar-refractivity contribution in [2.75, 3.05) is 18.5 Å². The van der Waals surface area contributed by atoms with Crippen molar-refractivity contribution >= 4 is 22.4 Å². The average Bonchev–Trinajstić information content (AvgIpc) is 3.40. The van der Waals surface area contributed by atoms with Gasteiger partial charge in [-0.1, -0.05) is 18.2 Å². The highest BCUT2D eigenvalue weighted by Crippen LogP contribution is 2.44. The molecule has 2 aliphatic rings. The van der Waals surface area contributed by atoms with Crippen LogP contribution < -0.4 is 10.6 Å². The highest BCUT2D eigenvalue weighted by Gasteiger charge is 2.32. The highest BCUT2D eigenvalue weighted by molar-refractivity contribution is 7.15. The van der Waals surface area contributed by atoms with Crippen LogP contribution in [0.3, 0.4) is 0 Å². The predicted octanol–water partition coefficient (Wildman–Crippen LogP) is 3.07. The van der Waals surface area contributed by atoms with E-state index in [4.69, 9.17) is 4.74 Å². The number of hydrogen-bond donors (Lipinski definition) is 2. The first-order valence-electron chi connectivity index (χ1n) is 9.00. The quantitative estimate of drug-likeness (QED) is 0.843. The summed E-state index contributed by atoms with van der Waals surface area (Å²) in [5, 5.41) is 6.69. The number of amides is 1. The SMILES string of the molecule is C[C@H]1OCCN[C@@H]1C(=O)Nc1nc(C2CC2)c(Cc2ccccc2F)s1. The van der Waals surface area contributed by atoms with Crippen LogP contribution in [-0.2, 0) is 16.0 Å². The molecule has 2 heterocycles. The Labute approximate surface area is 156 Å². The van der Waals surface area contributed by atoms with Crippen LogP contribution in [0.15, 0.2) is 24.3 Å². The average molecular weight is 375 g/mol. The number of rotatable bonds is 5. The lowest BCUT2D eigenvalue weighted by Crippen LogP contribution is -2.53. The van der Waals surface area contributed by atoms with E-state index in [0.29, 0.717) is 36.2 Å². The van der Waals surface area contributed by atoms with Crippen LogP contribution in [0, 0.1) is 5.82 Å². The third-order valence-electron chi connectivity index (χ3n) is 4.83. The van der Waals surface area contributed by atoms with Gasteiger partial charge in [-0.15, -0.1) is 11.3 Å². The predicted molar refractivity (Wildman–Crippen MR) is 99.1 cm³/mol. The van der Waals surface area contributed by atoms with Crippen LogP contribution in [0.1, 0.15) is 41.8 Å². The molecule has 2 aromatic rings. The number of hydrogen-bond acceptors (Lipinski definition) is 5. The monoisotopic (exact) mass is 375 g/mol. The van der Waals surface area contributed by atoms with E-state index < -0.39 is 0 Å². The maximum Gasteiger partial charge on any atom is 0.245 e. The van der Waals surface area contributed by atoms with E-state index >= 15 is 0 Å². The van der Waals surface area contributed by atoms with Gasteiger partial charge in [0.2, 0.25) is 5.91 Å². The molecule has 0 bridgehead atoms. The number of anilines is 1. The first kappa shape index (κ1) is 17.6. The Balaban J connectivity index is 1.52. The lowest BCUT2D eigenvalue weighted by molar-refractivity contribution is -0.123. The molecule has 0 spiro atoms. The molecule has 138 valence electrons. The molecule has 0 radical (unpaired) electrons. The van der Waals surface area contributed by atoms with Crippen molar-refractivity contribution in [3.8, 4) is 0 Å². The Morgan fingerprint density at radius 1 is 1.42 bits per heavy atom. The zero-order valence-corrected chi connectivity index (χ0v) is 15.4. The minimum absolute atomic E-state index is 0.134. The molecule has 0 unspecified atom stereocenters. The molecule has 1 aliphatic carbocycles. The Morgan fingerprint density at radius 2 is 2.23 bits per heavy atom. The third kappa shape index (κ3) is 3.79. The molecule has 1 saturated carbocycles. The van der Waals surface area contributed by atoms with Gasteiger partial charge in [-0.05, 0) is 31.4 Å². The molecule has 5 nitrogen and oxygen atoms in total. The molecule has 7 heteroatoms. The van der Waals surface area contributed by atoms with Crippen molar-refractivity contribution in [3.05, 3.63) is 46.2 Å². The van der Waals surface area contributed by atoms with Crippen LogP contribution in [0.25, 0.3) is 0 Å². The van der Waals surface area contributed by atoms with Crippen molar-refractivity contribution in [1.29, 1.82) is 0 Å². The van der Waals surface area contributed by atoms with Gasteiger partial charge in [-0.3, -0.25) is 4.79 Å². The van der Waals surface area contributed by atoms with Gasteiger partial charge in [0.25, 0.3) is 0 Å². The second-order valence-electron chi connectivity index (χ2n) is 6.87. The molecule has 1 aliphatic heterocycles. The van der Waals surface area contributed by atoms with Gasteiger partial charge in [0, 0.05) is 23.8 Å². The minimum atomic E-state index is -0.382. The molecule has 2 N–H and O–H groups in total. The van der Waals surface area contributed by atoms with Crippen LogP contribution in [0.2, 0.25) is 0 Å². The third-order valence-corrected chi connectivity index (χ3v) is 5.82. The number of carbonyl (C=O) groups excluding carboxylic acids is 1. The summed E-state index contributed by atoms with van der Waals surface area (Å²) < 4.78 is 19.6. The molecule has 1 aromatic carbocycles. The van der Waals surface area contributed by atoms with E-state index in [1.165, 1.54) is 17.4 Å². The molecule has 2 atom stereocenters. The van der Waals surface area contributed by atoms with E-state index in [-0.39, 0.29) is 23.9 Å². The minimum Gasteiger partial charge on any atom is -0.375 e. The Morgan fingerprint density at radius 3 is 2.96 bits per heavy atom. The number of benzene rings is 1. The van der Waals surface area contributed by atoms with E-state index in [1.54, 1.807) is 12.1 Å². The van der Waals surface area contributed by atoms with Gasteiger partial charge in [-0.25, -0.2) is 9.37 Å². The van der Waals surface area contributed by atoms with Gasteiger partial charge < -0.3 is 15.4 Å². The van der Waals surface area contributed by atoms with Gasteiger partial charge in [0.05, 0.1) is 18.4 Å². The number of carbonyl (C=O) groups is 1. The first-order chi connectivity index (χ1) is 12.6. The van der Waals surface area contributed by atoms with E-state index in [1.807, 2.05) is 13.0 Å². The fourth-order valence-electron chi connectivity index (χ4n) is 3.24. The summed E-state index contributed by atoms with van der Waals surface area (Å²) in [6, 6.07) is 6.43. The van der Waals surface area contributed by atoms with Crippen molar-refractivity contribution < 1.29 is 13.9 Å². The van der Waals surface area contributed by atoms with Crippen LogP contribution in [0.4, 0.5) is 9.52 Å². The molecule has 1 amide bonds. The largest absolute Gasteiger partial charge is 0.375 e. The molecular weight excluding hydrogens is 353 g/mol. The summed E-state index contributed by atoms with van der Waals surface area (Å²) in [5.74, 6) is 0.102. The van der Waals surface area contributed by atoms with Gasteiger partial charge >= 0.3 is 0 Å². The molecule has 1 aromatic heterocycles. The highest BCUT2D eigenvalue weighted by atomic mass is 32.1. The molecular formula is C19H22FN3O2S. The van der Waals surface area contributed by atoms with E-state index in [0.717, 1.165) is 23.4 Å². The number of thiazole rings is 1. The maximum absolute atomic E-state index is 14.0. The van der Waals surface area contributed by atoms with Gasteiger partial charge in [-0.2, -0.15) is 0 Å². The summed E-state index contributed by atoms with van der Waals surface area (Å²) in [6.07, 6.45) is 2.55.